The lowest BCUT2D eigenvalue weighted by atomic mass is 9.94. The van der Waals surface area contributed by atoms with Crippen molar-refractivity contribution in [2.24, 2.45) is 0 Å². The van der Waals surface area contributed by atoms with Crippen molar-refractivity contribution in [1.82, 2.24) is 5.32 Å². The van der Waals surface area contributed by atoms with E-state index in [1.807, 2.05) is 39.8 Å². The largest absolute Gasteiger partial charge is 0.491 e. The molecule has 0 aliphatic heterocycles. The fourth-order valence-electron chi connectivity index (χ4n) is 2.49. The van der Waals surface area contributed by atoms with E-state index in [0.29, 0.717) is 13.0 Å². The summed E-state index contributed by atoms with van der Waals surface area (Å²) in [6.07, 6.45) is 1.13. The summed E-state index contributed by atoms with van der Waals surface area (Å²) in [6.45, 7) is 10.4. The molecule has 0 saturated heterocycles. The normalized spacial score (nSPS) is 15.3. The summed E-state index contributed by atoms with van der Waals surface area (Å²) in [5, 5.41) is 12.5. The van der Waals surface area contributed by atoms with Gasteiger partial charge in [-0.1, -0.05) is 13.0 Å². The molecule has 1 rings (SSSR count). The number of benzene rings is 1. The van der Waals surface area contributed by atoms with Gasteiger partial charge in [-0.3, -0.25) is 4.79 Å². The van der Waals surface area contributed by atoms with E-state index in [2.05, 4.69) is 11.4 Å². The molecule has 0 aromatic heterocycles. The third kappa shape index (κ3) is 5.38. The van der Waals surface area contributed by atoms with Crippen molar-refractivity contribution < 1.29 is 14.6 Å². The number of aliphatic carboxylic acids is 1. The van der Waals surface area contributed by atoms with Crippen LogP contribution in [0.25, 0.3) is 0 Å². The summed E-state index contributed by atoms with van der Waals surface area (Å²) < 4.78 is 5.90. The molecule has 0 heterocycles. The van der Waals surface area contributed by atoms with E-state index in [4.69, 9.17) is 4.74 Å². The number of carbonyl (C=O) groups is 1. The van der Waals surface area contributed by atoms with Crippen molar-refractivity contribution >= 4 is 5.97 Å². The van der Waals surface area contributed by atoms with E-state index >= 15 is 0 Å². The summed E-state index contributed by atoms with van der Waals surface area (Å²) in [5.74, 6) is -0.0462. The van der Waals surface area contributed by atoms with Gasteiger partial charge in [0.25, 0.3) is 0 Å². The molecule has 2 atom stereocenters. The molecule has 2 N–H and O–H groups in total. The van der Waals surface area contributed by atoms with Crippen LogP contribution >= 0.6 is 0 Å². The van der Waals surface area contributed by atoms with Gasteiger partial charge in [0.1, 0.15) is 11.3 Å². The molecule has 1 aromatic rings. The predicted molar refractivity (Wildman–Crippen MR) is 85.0 cm³/mol. The molecular formula is C17H27NO3. The van der Waals surface area contributed by atoms with Crippen LogP contribution in [0.2, 0.25) is 0 Å². The first-order chi connectivity index (χ1) is 9.76. The summed E-state index contributed by atoms with van der Waals surface area (Å²) in [4.78, 5) is 11.5. The van der Waals surface area contributed by atoms with Gasteiger partial charge in [0.05, 0.1) is 6.10 Å². The minimum Gasteiger partial charge on any atom is -0.491 e. The Morgan fingerprint density at radius 2 is 1.90 bits per heavy atom. The molecule has 0 fully saturated rings. The van der Waals surface area contributed by atoms with Gasteiger partial charge in [0.15, 0.2) is 0 Å². The molecule has 4 nitrogen and oxygen atoms in total. The Kier molecular flexibility index (Phi) is 6.21. The number of carboxylic acids is 1. The molecular weight excluding hydrogens is 266 g/mol. The van der Waals surface area contributed by atoms with Crippen LogP contribution in [0.5, 0.6) is 5.75 Å². The standard InChI is InChI=1S/C17H27NO3/c1-6-7-18-17(5,16(19)20)11-14(4)21-15-9-12(2)8-13(3)10-15/h8-10,14,18H,6-7,11H2,1-5H3,(H,19,20). The van der Waals surface area contributed by atoms with E-state index in [0.717, 1.165) is 23.3 Å². The second-order valence-corrected chi connectivity index (χ2v) is 6.02. The summed E-state index contributed by atoms with van der Waals surface area (Å²) in [6, 6.07) is 6.03. The maximum Gasteiger partial charge on any atom is 0.323 e. The van der Waals surface area contributed by atoms with E-state index in [1.54, 1.807) is 6.92 Å². The molecule has 1 aromatic carbocycles. The number of carboxylic acid groups (broad SMARTS) is 1. The van der Waals surface area contributed by atoms with E-state index in [9.17, 15) is 9.90 Å². The molecule has 0 aliphatic carbocycles. The second-order valence-electron chi connectivity index (χ2n) is 6.02. The fraction of sp³-hybridized carbons (Fsp3) is 0.588. The highest BCUT2D eigenvalue weighted by atomic mass is 16.5. The van der Waals surface area contributed by atoms with Crippen molar-refractivity contribution in [2.75, 3.05) is 6.54 Å². The summed E-state index contributed by atoms with van der Waals surface area (Å²) in [5.41, 5.74) is 1.32. The van der Waals surface area contributed by atoms with Crippen LogP contribution in [-0.2, 0) is 4.79 Å². The van der Waals surface area contributed by atoms with Crippen LogP contribution in [-0.4, -0.2) is 29.3 Å². The number of rotatable bonds is 8. The quantitative estimate of drug-likeness (QED) is 0.772. The van der Waals surface area contributed by atoms with Gasteiger partial charge in [-0.25, -0.2) is 0 Å². The summed E-state index contributed by atoms with van der Waals surface area (Å²) in [7, 11) is 0. The molecule has 0 bridgehead atoms. The maximum atomic E-state index is 11.5. The molecule has 0 saturated carbocycles. The number of hydrogen-bond donors (Lipinski definition) is 2. The van der Waals surface area contributed by atoms with Crippen LogP contribution in [0, 0.1) is 13.8 Å². The zero-order chi connectivity index (χ0) is 16.0. The van der Waals surface area contributed by atoms with Gasteiger partial charge in [-0.15, -0.1) is 0 Å². The smallest absolute Gasteiger partial charge is 0.323 e. The highest BCUT2D eigenvalue weighted by Crippen LogP contribution is 2.21. The minimum absolute atomic E-state index is 0.184. The predicted octanol–water partition coefficient (Wildman–Crippen LogP) is 3.30. The Bertz CT molecular complexity index is 467. The van der Waals surface area contributed by atoms with Gasteiger partial charge in [0.2, 0.25) is 0 Å². The zero-order valence-corrected chi connectivity index (χ0v) is 13.7. The third-order valence-corrected chi connectivity index (χ3v) is 3.47. The molecule has 0 radical (unpaired) electrons. The van der Waals surface area contributed by atoms with Crippen LogP contribution in [0.4, 0.5) is 0 Å². The summed E-state index contributed by atoms with van der Waals surface area (Å²) >= 11 is 0. The fourth-order valence-corrected chi connectivity index (χ4v) is 2.49. The van der Waals surface area contributed by atoms with Crippen molar-refractivity contribution in [1.29, 1.82) is 0 Å². The Morgan fingerprint density at radius 1 is 1.33 bits per heavy atom. The maximum absolute atomic E-state index is 11.5. The Balaban J connectivity index is 2.73. The van der Waals surface area contributed by atoms with Gasteiger partial charge < -0.3 is 15.2 Å². The van der Waals surface area contributed by atoms with Gasteiger partial charge in [0, 0.05) is 6.42 Å². The van der Waals surface area contributed by atoms with Crippen LogP contribution in [0.3, 0.4) is 0 Å². The number of hydrogen-bond acceptors (Lipinski definition) is 3. The van der Waals surface area contributed by atoms with Crippen LogP contribution in [0.15, 0.2) is 18.2 Å². The van der Waals surface area contributed by atoms with Crippen molar-refractivity contribution in [3.05, 3.63) is 29.3 Å². The Labute approximate surface area is 127 Å². The number of ether oxygens (including phenoxy) is 1. The molecule has 0 aliphatic rings. The Hall–Kier alpha value is -1.55. The lowest BCUT2D eigenvalue weighted by Gasteiger charge is -2.29. The van der Waals surface area contributed by atoms with Crippen molar-refractivity contribution in [2.45, 2.75) is 59.1 Å². The SMILES string of the molecule is CCCNC(C)(CC(C)Oc1cc(C)cc(C)c1)C(=O)O. The lowest BCUT2D eigenvalue weighted by molar-refractivity contribution is -0.145. The molecule has 4 heteroatoms. The van der Waals surface area contributed by atoms with Crippen molar-refractivity contribution in [3.8, 4) is 5.75 Å². The molecule has 0 amide bonds. The second kappa shape index (κ2) is 7.46. The first-order valence-corrected chi connectivity index (χ1v) is 7.50. The van der Waals surface area contributed by atoms with Gasteiger partial charge in [-0.05, 0) is 63.9 Å². The topological polar surface area (TPSA) is 58.6 Å². The van der Waals surface area contributed by atoms with Crippen LogP contribution in [0.1, 0.15) is 44.7 Å². The van der Waals surface area contributed by atoms with E-state index in [-0.39, 0.29) is 6.10 Å². The first kappa shape index (κ1) is 17.5. The highest BCUT2D eigenvalue weighted by molar-refractivity contribution is 5.78. The average Bonchev–Trinajstić information content (AvgIpc) is 2.34. The molecule has 118 valence electrons. The number of nitrogens with one attached hydrogen (secondary N) is 1. The molecule has 21 heavy (non-hydrogen) atoms. The lowest BCUT2D eigenvalue weighted by Crippen LogP contribution is -2.52. The monoisotopic (exact) mass is 293 g/mol. The Morgan fingerprint density at radius 3 is 2.38 bits per heavy atom. The molecule has 2 unspecified atom stereocenters. The minimum atomic E-state index is -0.964. The molecule has 0 spiro atoms. The van der Waals surface area contributed by atoms with Crippen LogP contribution < -0.4 is 10.1 Å². The van der Waals surface area contributed by atoms with Gasteiger partial charge in [-0.2, -0.15) is 0 Å². The highest BCUT2D eigenvalue weighted by Gasteiger charge is 2.34. The van der Waals surface area contributed by atoms with E-state index < -0.39 is 11.5 Å². The van der Waals surface area contributed by atoms with E-state index in [1.165, 1.54) is 0 Å². The average molecular weight is 293 g/mol. The first-order valence-electron chi connectivity index (χ1n) is 7.50. The number of aryl methyl sites for hydroxylation is 2. The van der Waals surface area contributed by atoms with Crippen molar-refractivity contribution in [3.63, 3.8) is 0 Å². The van der Waals surface area contributed by atoms with Gasteiger partial charge >= 0.3 is 5.97 Å². The third-order valence-electron chi connectivity index (χ3n) is 3.47. The zero-order valence-electron chi connectivity index (χ0n) is 13.7.